The Morgan fingerprint density at radius 3 is 2.71 bits per heavy atom. The van der Waals surface area contributed by atoms with E-state index >= 15 is 0 Å². The second-order valence-electron chi connectivity index (χ2n) is 5.50. The zero-order valence-electron chi connectivity index (χ0n) is 13.1. The quantitative estimate of drug-likeness (QED) is 0.644. The topological polar surface area (TPSA) is 75.7 Å². The van der Waals surface area contributed by atoms with Crippen molar-refractivity contribution in [2.24, 2.45) is 0 Å². The second-order valence-corrected chi connectivity index (χ2v) is 7.59. The minimum Gasteiger partial charge on any atom is -0.469 e. The molecule has 1 aliphatic heterocycles. The van der Waals surface area contributed by atoms with Crippen molar-refractivity contribution >= 4 is 16.0 Å². The Morgan fingerprint density at radius 1 is 1.38 bits per heavy atom. The van der Waals surface area contributed by atoms with Gasteiger partial charge in [-0.05, 0) is 32.2 Å². The maximum atomic E-state index is 12.4. The van der Waals surface area contributed by atoms with Crippen molar-refractivity contribution in [3.8, 4) is 0 Å². The number of nitrogens with one attached hydrogen (secondary N) is 1. The Morgan fingerprint density at radius 2 is 2.14 bits per heavy atom. The molecule has 0 aliphatic carbocycles. The number of rotatable bonds is 9. The predicted molar refractivity (Wildman–Crippen MR) is 82.5 cm³/mol. The van der Waals surface area contributed by atoms with Gasteiger partial charge in [-0.25, -0.2) is 12.7 Å². The highest BCUT2D eigenvalue weighted by Gasteiger charge is 2.25. The van der Waals surface area contributed by atoms with E-state index in [9.17, 15) is 13.2 Å². The number of esters is 1. The van der Waals surface area contributed by atoms with Crippen LogP contribution < -0.4 is 5.32 Å². The van der Waals surface area contributed by atoms with E-state index in [0.29, 0.717) is 19.5 Å². The van der Waals surface area contributed by atoms with Crippen molar-refractivity contribution in [3.05, 3.63) is 0 Å². The number of carbonyl (C=O) groups excluding carboxylic acids is 1. The Balaban J connectivity index is 2.53. The van der Waals surface area contributed by atoms with Crippen LogP contribution in [0.2, 0.25) is 0 Å². The summed E-state index contributed by atoms with van der Waals surface area (Å²) in [6, 6.07) is 0.251. The molecule has 0 spiro atoms. The van der Waals surface area contributed by atoms with Crippen LogP contribution in [0, 0.1) is 0 Å². The molecule has 6 nitrogen and oxygen atoms in total. The van der Waals surface area contributed by atoms with Crippen molar-refractivity contribution in [1.29, 1.82) is 0 Å². The largest absolute Gasteiger partial charge is 0.469 e. The molecular formula is C14H28N2O4S. The summed E-state index contributed by atoms with van der Waals surface area (Å²) in [5.74, 6) is -0.351. The maximum Gasteiger partial charge on any atom is 0.305 e. The molecule has 21 heavy (non-hydrogen) atoms. The number of sulfonamides is 1. The van der Waals surface area contributed by atoms with Crippen molar-refractivity contribution in [2.75, 3.05) is 32.5 Å². The molecule has 7 heteroatoms. The summed E-state index contributed by atoms with van der Waals surface area (Å²) in [5, 5.41) is 3.38. The van der Waals surface area contributed by atoms with Gasteiger partial charge in [-0.3, -0.25) is 4.79 Å². The Labute approximate surface area is 128 Å². The van der Waals surface area contributed by atoms with Crippen molar-refractivity contribution in [2.45, 2.75) is 51.5 Å². The summed E-state index contributed by atoms with van der Waals surface area (Å²) < 4.78 is 30.9. The number of piperidine rings is 1. The third kappa shape index (κ3) is 6.76. The molecule has 1 aliphatic rings. The normalized spacial score (nSPS) is 19.7. The van der Waals surface area contributed by atoms with Crippen LogP contribution in [0.15, 0.2) is 0 Å². The highest BCUT2D eigenvalue weighted by Crippen LogP contribution is 2.13. The lowest BCUT2D eigenvalue weighted by Crippen LogP contribution is -2.46. The first-order valence-electron chi connectivity index (χ1n) is 7.77. The van der Waals surface area contributed by atoms with Crippen LogP contribution in [0.25, 0.3) is 0 Å². The lowest BCUT2D eigenvalue weighted by molar-refractivity contribution is -0.140. The van der Waals surface area contributed by atoms with Gasteiger partial charge < -0.3 is 10.1 Å². The Kier molecular flexibility index (Phi) is 8.21. The third-order valence-corrected chi connectivity index (χ3v) is 5.64. The number of nitrogens with zero attached hydrogens (tertiary/aromatic N) is 1. The van der Waals surface area contributed by atoms with Gasteiger partial charge >= 0.3 is 5.97 Å². The molecule has 124 valence electrons. The summed E-state index contributed by atoms with van der Waals surface area (Å²) in [4.78, 5) is 11.1. The molecule has 0 aromatic heterocycles. The first-order valence-corrected chi connectivity index (χ1v) is 9.38. The summed E-state index contributed by atoms with van der Waals surface area (Å²) in [6.45, 7) is 4.02. The van der Waals surface area contributed by atoms with Gasteiger partial charge in [0.25, 0.3) is 0 Å². The molecule has 0 aromatic carbocycles. The van der Waals surface area contributed by atoms with Gasteiger partial charge in [0, 0.05) is 25.6 Å². The standard InChI is InChI=1S/C14H28N2O4S/c1-3-10-16(12-13-7-4-5-9-15-13)21(18,19)11-6-8-14(17)20-2/h13,15H,3-12H2,1-2H3. The van der Waals surface area contributed by atoms with Gasteiger partial charge in [0.15, 0.2) is 0 Å². The van der Waals surface area contributed by atoms with E-state index in [0.717, 1.165) is 32.2 Å². The number of ether oxygens (including phenoxy) is 1. The predicted octanol–water partition coefficient (Wildman–Crippen LogP) is 1.12. The molecule has 1 fully saturated rings. The van der Waals surface area contributed by atoms with Crippen molar-refractivity contribution < 1.29 is 17.9 Å². The maximum absolute atomic E-state index is 12.4. The van der Waals surface area contributed by atoms with Gasteiger partial charge in [0.1, 0.15) is 0 Å². The van der Waals surface area contributed by atoms with Crippen molar-refractivity contribution in [1.82, 2.24) is 9.62 Å². The number of carbonyl (C=O) groups is 1. The molecule has 1 atom stereocenters. The van der Waals surface area contributed by atoms with E-state index in [4.69, 9.17) is 0 Å². The molecule has 1 rings (SSSR count). The van der Waals surface area contributed by atoms with Crippen LogP contribution >= 0.6 is 0 Å². The molecular weight excluding hydrogens is 292 g/mol. The van der Waals surface area contributed by atoms with E-state index in [1.165, 1.54) is 7.11 Å². The number of methoxy groups -OCH3 is 1. The molecule has 0 aromatic rings. The number of hydrogen-bond donors (Lipinski definition) is 1. The minimum atomic E-state index is -3.30. The molecule has 0 radical (unpaired) electrons. The van der Waals surface area contributed by atoms with Gasteiger partial charge in [0.05, 0.1) is 12.9 Å². The molecule has 1 heterocycles. The monoisotopic (exact) mass is 320 g/mol. The van der Waals surface area contributed by atoms with E-state index in [2.05, 4.69) is 10.1 Å². The fraction of sp³-hybridized carbons (Fsp3) is 0.929. The smallest absolute Gasteiger partial charge is 0.305 e. The fourth-order valence-corrected chi connectivity index (χ4v) is 4.18. The average Bonchev–Trinajstić information content (AvgIpc) is 2.47. The summed E-state index contributed by atoms with van der Waals surface area (Å²) >= 11 is 0. The van der Waals surface area contributed by atoms with Crippen LogP contribution in [0.1, 0.15) is 45.4 Å². The van der Waals surface area contributed by atoms with Gasteiger partial charge in [-0.2, -0.15) is 0 Å². The molecule has 0 saturated carbocycles. The molecule has 0 amide bonds. The number of hydrogen-bond acceptors (Lipinski definition) is 5. The highest BCUT2D eigenvalue weighted by molar-refractivity contribution is 7.89. The van der Waals surface area contributed by atoms with Gasteiger partial charge in [0.2, 0.25) is 10.0 Å². The van der Waals surface area contributed by atoms with Crippen molar-refractivity contribution in [3.63, 3.8) is 0 Å². The van der Waals surface area contributed by atoms with Crippen LogP contribution in [0.4, 0.5) is 0 Å². The first-order chi connectivity index (χ1) is 9.99. The zero-order valence-corrected chi connectivity index (χ0v) is 14.0. The lowest BCUT2D eigenvalue weighted by atomic mass is 10.1. The lowest BCUT2D eigenvalue weighted by Gasteiger charge is -2.30. The van der Waals surface area contributed by atoms with E-state index in [1.54, 1.807) is 4.31 Å². The van der Waals surface area contributed by atoms with Crippen LogP contribution in [0.3, 0.4) is 0 Å². The highest BCUT2D eigenvalue weighted by atomic mass is 32.2. The molecule has 0 bridgehead atoms. The minimum absolute atomic E-state index is 0.00875. The van der Waals surface area contributed by atoms with E-state index in [1.807, 2.05) is 6.92 Å². The fourth-order valence-electron chi connectivity index (χ4n) is 2.55. The van der Waals surface area contributed by atoms with E-state index in [-0.39, 0.29) is 24.2 Å². The van der Waals surface area contributed by atoms with Gasteiger partial charge in [-0.1, -0.05) is 13.3 Å². The van der Waals surface area contributed by atoms with E-state index < -0.39 is 10.0 Å². The van der Waals surface area contributed by atoms with Crippen LogP contribution in [-0.4, -0.2) is 57.2 Å². The summed E-state index contributed by atoms with van der Waals surface area (Å²) in [5.41, 5.74) is 0. The first kappa shape index (κ1) is 18.4. The molecule has 1 saturated heterocycles. The Hall–Kier alpha value is -0.660. The SMILES string of the molecule is CCCN(CC1CCCCN1)S(=O)(=O)CCCC(=O)OC. The zero-order chi connectivity index (χ0) is 15.7. The Bertz CT molecular complexity index is 405. The second kappa shape index (κ2) is 9.38. The van der Waals surface area contributed by atoms with Crippen LogP contribution in [-0.2, 0) is 19.6 Å². The molecule has 1 unspecified atom stereocenters. The van der Waals surface area contributed by atoms with Gasteiger partial charge in [-0.15, -0.1) is 0 Å². The molecule has 1 N–H and O–H groups in total. The van der Waals surface area contributed by atoms with Crippen LogP contribution in [0.5, 0.6) is 0 Å². The third-order valence-electron chi connectivity index (χ3n) is 3.71. The summed E-state index contributed by atoms with van der Waals surface area (Å²) in [6.07, 6.45) is 4.60. The summed E-state index contributed by atoms with van der Waals surface area (Å²) in [7, 11) is -1.99. The average molecular weight is 320 g/mol.